The Labute approximate surface area is 386 Å². The molecule has 6 aromatic rings. The molecule has 66 heavy (non-hydrogen) atoms. The number of hydrogen-bond donors (Lipinski definition) is 0. The van der Waals surface area contributed by atoms with E-state index in [1.807, 2.05) is 140 Å². The predicted octanol–water partition coefficient (Wildman–Crippen LogP) is 16.5. The number of nitrogens with zero attached hydrogens (tertiary/aromatic N) is 2. The van der Waals surface area contributed by atoms with E-state index in [0.29, 0.717) is 28.0 Å². The maximum absolute atomic E-state index is 16.8. The Morgan fingerprint density at radius 2 is 1.03 bits per heavy atom. The van der Waals surface area contributed by atoms with E-state index in [1.54, 1.807) is 26.0 Å². The van der Waals surface area contributed by atoms with E-state index in [2.05, 4.69) is 13.8 Å². The van der Waals surface area contributed by atoms with Crippen LogP contribution in [-0.4, -0.2) is 17.6 Å². The first-order valence-electron chi connectivity index (χ1n) is 22.3. The number of aryl methyl sites for hydroxylation is 6. The third-order valence-corrected chi connectivity index (χ3v) is 12.7. The zero-order valence-electron chi connectivity index (χ0n) is 39.7. The molecule has 0 N–H and O–H groups in total. The molecule has 2 heterocycles. The molecule has 5 aromatic carbocycles. The Hall–Kier alpha value is -6.35. The Morgan fingerprint density at radius 1 is 0.576 bits per heavy atom. The second-order valence-corrected chi connectivity index (χ2v) is 18.2. The number of benzene rings is 5. The Morgan fingerprint density at radius 3 is 1.50 bits per heavy atom. The van der Waals surface area contributed by atoms with Crippen LogP contribution < -0.4 is 0 Å². The van der Waals surface area contributed by atoms with Crippen LogP contribution in [0.5, 0.6) is 0 Å². The molecule has 1 aromatic heterocycles. The van der Waals surface area contributed by atoms with Crippen molar-refractivity contribution in [2.75, 3.05) is 0 Å². The Kier molecular flexibility index (Phi) is 13.6. The Balaban J connectivity index is 1.71. The fraction of sp³-hybridized carbons (Fsp3) is 0.246. The van der Waals surface area contributed by atoms with E-state index in [1.165, 1.54) is 0 Å². The van der Waals surface area contributed by atoms with E-state index in [4.69, 9.17) is 4.99 Å². The van der Waals surface area contributed by atoms with E-state index in [0.717, 1.165) is 65.7 Å². The molecule has 0 amide bonds. The number of rotatable bonds is 11. The van der Waals surface area contributed by atoms with Crippen molar-refractivity contribution in [3.8, 4) is 11.1 Å². The first kappa shape index (κ1) is 47.6. The summed E-state index contributed by atoms with van der Waals surface area (Å²) in [6.45, 7) is 23.2. The highest BCUT2D eigenvalue weighted by Gasteiger charge is 2.38. The fourth-order valence-corrected chi connectivity index (χ4v) is 9.98. The van der Waals surface area contributed by atoms with E-state index in [-0.39, 0.29) is 40.6 Å². The molecule has 338 valence electrons. The largest absolute Gasteiger partial charge is 0.678 e. The lowest BCUT2D eigenvalue weighted by Gasteiger charge is -2.19. The molecule has 9 heteroatoms. The second kappa shape index (κ2) is 18.9. The molecular formula is C57H55BF6N2. The first-order valence-corrected chi connectivity index (χ1v) is 22.3. The maximum Gasteiger partial charge on any atom is 0.678 e. The van der Waals surface area contributed by atoms with Gasteiger partial charge in [-0.05, 0) is 146 Å². The summed E-state index contributed by atoms with van der Waals surface area (Å²) in [5.41, 5.74) is 10.4. The van der Waals surface area contributed by atoms with Gasteiger partial charge in [-0.2, -0.15) is 0 Å². The van der Waals surface area contributed by atoms with E-state index >= 15 is 26.2 Å². The Bertz CT molecular complexity index is 3010. The molecular weight excluding hydrogens is 837 g/mol. The van der Waals surface area contributed by atoms with Gasteiger partial charge in [-0.25, -0.2) is 22.6 Å². The lowest BCUT2D eigenvalue weighted by molar-refractivity contribution is 0.450. The van der Waals surface area contributed by atoms with Crippen molar-refractivity contribution in [1.82, 2.24) is 4.48 Å². The van der Waals surface area contributed by atoms with Gasteiger partial charge in [0.25, 0.3) is 0 Å². The molecule has 0 saturated heterocycles. The topological polar surface area (TPSA) is 17.3 Å². The van der Waals surface area contributed by atoms with Crippen LogP contribution in [0.4, 0.5) is 26.2 Å². The molecule has 0 saturated carbocycles. The van der Waals surface area contributed by atoms with Gasteiger partial charge in [0.2, 0.25) is 0 Å². The average Bonchev–Trinajstić information content (AvgIpc) is 3.71. The predicted molar refractivity (Wildman–Crippen MR) is 264 cm³/mol. The lowest BCUT2D eigenvalue weighted by atomic mass is 9.86. The molecule has 0 bridgehead atoms. The highest BCUT2D eigenvalue weighted by molar-refractivity contribution is 6.42. The first-order chi connectivity index (χ1) is 31.2. The smallest absolute Gasteiger partial charge is 0.324 e. The minimum absolute atomic E-state index is 0.0429. The normalized spacial score (nSPS) is 14.0. The van der Waals surface area contributed by atoms with Crippen molar-refractivity contribution in [3.63, 3.8) is 0 Å². The third-order valence-electron chi connectivity index (χ3n) is 12.7. The number of halogens is 6. The minimum atomic E-state index is -3.30. The third kappa shape index (κ3) is 8.72. The summed E-state index contributed by atoms with van der Waals surface area (Å²) >= 11 is 0. The molecule has 0 fully saturated rings. The monoisotopic (exact) mass is 892 g/mol. The summed E-state index contributed by atoms with van der Waals surface area (Å²) in [5.74, 6) is -6.54. The van der Waals surface area contributed by atoms with Gasteiger partial charge in [-0.15, -0.1) is 0 Å². The van der Waals surface area contributed by atoms with Crippen LogP contribution in [0.3, 0.4) is 0 Å². The van der Waals surface area contributed by atoms with E-state index < -0.39 is 41.8 Å². The fourth-order valence-electron chi connectivity index (χ4n) is 9.98. The molecule has 0 radical (unpaired) electrons. The van der Waals surface area contributed by atoms with Crippen molar-refractivity contribution in [2.45, 2.75) is 94.9 Å². The molecule has 2 nitrogen and oxygen atoms in total. The standard InChI is InChI=1S/C57H55BF6N2/c1-30(2)42-19-15-13-17-40(42)21-23-46-50(48-34(7)25-32(5)26-35(48)8)38(11)56(65-46)53(52-54(61)44(59)29-45(60)55(52)62)57-39(12)51(49-36(9)27-33(6)28-37(49)10)47(66(57)58(63)64)24-22-41-18-14-16-20-43(41)31(3)4/h13-31H,1-12H3/b23-21+,24-22+,56-53-. The van der Waals surface area contributed by atoms with Gasteiger partial charge in [-0.3, -0.25) is 8.63 Å². The van der Waals surface area contributed by atoms with E-state index in [9.17, 15) is 0 Å². The summed E-state index contributed by atoms with van der Waals surface area (Å²) in [6.07, 6.45) is 7.09. The van der Waals surface area contributed by atoms with Gasteiger partial charge in [0.15, 0.2) is 23.3 Å². The summed E-state index contributed by atoms with van der Waals surface area (Å²) in [5, 5.41) is 0. The number of allylic oxidation sites excluding steroid dienone is 3. The average molecular weight is 893 g/mol. The summed E-state index contributed by atoms with van der Waals surface area (Å²) in [4.78, 5) is 5.12. The number of hydrogen-bond acceptors (Lipinski definition) is 1. The van der Waals surface area contributed by atoms with Crippen LogP contribution in [0.15, 0.2) is 101 Å². The molecule has 0 spiro atoms. The molecule has 0 unspecified atom stereocenters. The summed E-state index contributed by atoms with van der Waals surface area (Å²) in [7, 11) is -3.30. The van der Waals surface area contributed by atoms with Crippen LogP contribution in [0.25, 0.3) is 40.5 Å². The van der Waals surface area contributed by atoms with Crippen LogP contribution in [0.2, 0.25) is 0 Å². The van der Waals surface area contributed by atoms with Gasteiger partial charge in [0.1, 0.15) is 0 Å². The summed E-state index contributed by atoms with van der Waals surface area (Å²) < 4.78 is 98.7. The maximum atomic E-state index is 16.8. The zero-order valence-corrected chi connectivity index (χ0v) is 39.7. The van der Waals surface area contributed by atoms with Gasteiger partial charge < -0.3 is 4.48 Å². The highest BCUT2D eigenvalue weighted by Crippen LogP contribution is 2.48. The molecule has 1 aliphatic heterocycles. The minimum Gasteiger partial charge on any atom is -0.324 e. The van der Waals surface area contributed by atoms with Gasteiger partial charge in [0, 0.05) is 34.2 Å². The lowest BCUT2D eigenvalue weighted by Crippen LogP contribution is -2.19. The van der Waals surface area contributed by atoms with Crippen molar-refractivity contribution in [3.05, 3.63) is 203 Å². The van der Waals surface area contributed by atoms with Crippen molar-refractivity contribution < 1.29 is 26.2 Å². The SMILES string of the molecule is CC1=C(c2c(C)cc(C)cc2C)C(/C=C/c2ccccc2C(C)C)=NC/1=C(/c1c(F)c(F)cc(F)c1F)c1c(C)c(-c2c(C)cc(C)cc2C)c(/C=C/c2ccccc2C(C)C)n1B(F)F. The molecule has 7 rings (SSSR count). The van der Waals surface area contributed by atoms with Crippen molar-refractivity contribution in [2.24, 2.45) is 4.99 Å². The number of aromatic nitrogens is 1. The van der Waals surface area contributed by atoms with Gasteiger partial charge in [-0.1, -0.05) is 124 Å². The van der Waals surface area contributed by atoms with Crippen LogP contribution >= 0.6 is 0 Å². The molecule has 1 aliphatic rings. The molecule has 0 atom stereocenters. The molecule has 0 aliphatic carbocycles. The van der Waals surface area contributed by atoms with Crippen molar-refractivity contribution >= 4 is 42.5 Å². The summed E-state index contributed by atoms with van der Waals surface area (Å²) in [6, 6.07) is 23.6. The van der Waals surface area contributed by atoms with Crippen LogP contribution in [-0.2, 0) is 0 Å². The number of aliphatic imine (C=N–C) groups is 1. The van der Waals surface area contributed by atoms with Crippen LogP contribution in [0, 0.1) is 71.7 Å². The van der Waals surface area contributed by atoms with Gasteiger partial charge >= 0.3 is 7.40 Å². The highest BCUT2D eigenvalue weighted by atomic mass is 19.2. The zero-order chi connectivity index (χ0) is 48.0. The van der Waals surface area contributed by atoms with Gasteiger partial charge in [0.05, 0.1) is 17.0 Å². The van der Waals surface area contributed by atoms with Crippen LogP contribution in [0.1, 0.15) is 130 Å². The second-order valence-electron chi connectivity index (χ2n) is 18.2. The van der Waals surface area contributed by atoms with Crippen molar-refractivity contribution in [1.29, 1.82) is 0 Å². The quantitative estimate of drug-likeness (QED) is 0.0701.